The normalized spacial score (nSPS) is 12.0. The van der Waals surface area contributed by atoms with Crippen LogP contribution in [0.2, 0.25) is 6.04 Å². The van der Waals surface area contributed by atoms with Gasteiger partial charge >= 0.3 is 8.56 Å². The van der Waals surface area contributed by atoms with E-state index in [-0.39, 0.29) is 5.75 Å². The van der Waals surface area contributed by atoms with E-state index in [1.165, 1.54) is 5.56 Å². The Morgan fingerprint density at radius 1 is 0.929 bits per heavy atom. The summed E-state index contributed by atoms with van der Waals surface area (Å²) in [7, 11) is -2.91. The SMILES string of the molecule is CCc1ccc(-c2ccc(O)cc2CCC[Si](N=C=S)(N=C=S)N=C=S)cc1. The zero-order valence-electron chi connectivity index (χ0n) is 15.4. The molecular weight excluding hydrogens is 423 g/mol. The molecule has 28 heavy (non-hydrogen) atoms. The van der Waals surface area contributed by atoms with Crippen LogP contribution in [0.15, 0.2) is 56.4 Å². The van der Waals surface area contributed by atoms with Crippen molar-refractivity contribution in [2.24, 2.45) is 14.0 Å². The first-order valence-corrected chi connectivity index (χ1v) is 12.0. The number of hydrogen-bond acceptors (Lipinski definition) is 7. The number of aromatic hydroxyl groups is 1. The summed E-state index contributed by atoms with van der Waals surface area (Å²) in [4.78, 5) is 0. The molecule has 0 unspecified atom stereocenters. The Kier molecular flexibility index (Phi) is 8.70. The summed E-state index contributed by atoms with van der Waals surface area (Å²) in [6.07, 6.45) is 2.43. The zero-order chi connectivity index (χ0) is 20.4. The molecule has 0 radical (unpaired) electrons. The lowest BCUT2D eigenvalue weighted by Gasteiger charge is -2.14. The van der Waals surface area contributed by atoms with Crippen molar-refractivity contribution in [3.05, 3.63) is 53.6 Å². The van der Waals surface area contributed by atoms with Crippen molar-refractivity contribution < 1.29 is 5.11 Å². The zero-order valence-corrected chi connectivity index (χ0v) is 18.8. The average molecular weight is 442 g/mol. The van der Waals surface area contributed by atoms with Crippen LogP contribution in [0.25, 0.3) is 11.1 Å². The van der Waals surface area contributed by atoms with E-state index in [2.05, 4.69) is 60.6 Å². The first kappa shape index (κ1) is 22.1. The quantitative estimate of drug-likeness (QED) is 0.303. The number of rotatable bonds is 9. The second-order valence-corrected chi connectivity index (χ2v) is 9.40. The summed E-state index contributed by atoms with van der Waals surface area (Å²) in [5.74, 6) is 0.234. The first-order valence-electron chi connectivity index (χ1n) is 8.75. The molecule has 0 saturated heterocycles. The molecule has 8 heteroatoms. The fourth-order valence-corrected chi connectivity index (χ4v) is 5.86. The van der Waals surface area contributed by atoms with Crippen molar-refractivity contribution in [2.45, 2.75) is 32.2 Å². The minimum absolute atomic E-state index is 0.234. The number of thiocarbonyl (C=S) groups is 3. The molecular formula is C20H19N3OS3Si. The maximum atomic E-state index is 9.96. The lowest BCUT2D eigenvalue weighted by atomic mass is 9.95. The summed E-state index contributed by atoms with van der Waals surface area (Å²) in [6.45, 7) is 2.13. The first-order chi connectivity index (χ1) is 13.6. The van der Waals surface area contributed by atoms with Crippen molar-refractivity contribution in [3.8, 4) is 16.9 Å². The standard InChI is InChI=1S/C20H19N3OS3Si/c1-2-16-5-7-17(8-6-16)20-10-9-19(24)12-18(20)4-3-11-28(21-13-25,22-14-26)23-15-27/h5-10,12,24H,2-4,11H2,1H3. The van der Waals surface area contributed by atoms with Gasteiger partial charge in [0.25, 0.3) is 0 Å². The number of hydrogen-bond donors (Lipinski definition) is 1. The molecule has 2 rings (SSSR count). The van der Waals surface area contributed by atoms with E-state index in [4.69, 9.17) is 36.7 Å². The van der Waals surface area contributed by atoms with E-state index >= 15 is 0 Å². The van der Waals surface area contributed by atoms with E-state index in [1.807, 2.05) is 6.07 Å². The van der Waals surface area contributed by atoms with Crippen LogP contribution in [0.1, 0.15) is 24.5 Å². The third-order valence-corrected chi connectivity index (χ3v) is 7.59. The molecule has 0 saturated carbocycles. The lowest BCUT2D eigenvalue weighted by molar-refractivity contribution is 0.474. The van der Waals surface area contributed by atoms with Crippen LogP contribution in [-0.4, -0.2) is 29.1 Å². The maximum Gasteiger partial charge on any atom is 0.461 e. The Hall–Kier alpha value is -2.14. The van der Waals surface area contributed by atoms with Gasteiger partial charge in [-0.1, -0.05) is 37.3 Å². The van der Waals surface area contributed by atoms with E-state index in [1.54, 1.807) is 12.1 Å². The van der Waals surface area contributed by atoms with Crippen molar-refractivity contribution in [2.75, 3.05) is 0 Å². The molecule has 0 bridgehead atoms. The Morgan fingerprint density at radius 2 is 1.54 bits per heavy atom. The van der Waals surface area contributed by atoms with Gasteiger partial charge in [0.2, 0.25) is 0 Å². The van der Waals surface area contributed by atoms with Crippen LogP contribution in [0.3, 0.4) is 0 Å². The second kappa shape index (κ2) is 11.0. The second-order valence-electron chi connectivity index (χ2n) is 6.13. The summed E-state index contributed by atoms with van der Waals surface area (Å²) < 4.78 is 12.4. The number of benzene rings is 2. The monoisotopic (exact) mass is 441 g/mol. The molecule has 0 fully saturated rings. The molecule has 0 amide bonds. The molecule has 2 aromatic carbocycles. The molecule has 0 spiro atoms. The van der Waals surface area contributed by atoms with Gasteiger partial charge in [-0.2, -0.15) is 0 Å². The third kappa shape index (κ3) is 5.93. The van der Waals surface area contributed by atoms with Gasteiger partial charge in [-0.25, -0.2) is 14.0 Å². The van der Waals surface area contributed by atoms with Crippen LogP contribution >= 0.6 is 36.7 Å². The molecule has 0 aliphatic heterocycles. The molecule has 0 heterocycles. The lowest BCUT2D eigenvalue weighted by Crippen LogP contribution is -2.27. The van der Waals surface area contributed by atoms with E-state index in [9.17, 15) is 5.11 Å². The van der Waals surface area contributed by atoms with Gasteiger partial charge in [0.1, 0.15) is 5.75 Å². The van der Waals surface area contributed by atoms with Gasteiger partial charge in [-0.05, 0) is 90.3 Å². The Morgan fingerprint density at radius 3 is 2.07 bits per heavy atom. The predicted molar refractivity (Wildman–Crippen MR) is 127 cm³/mol. The molecule has 0 aliphatic carbocycles. The number of phenolic OH excluding ortho intramolecular Hbond substituents is 1. The maximum absolute atomic E-state index is 9.96. The molecule has 2 aromatic rings. The summed E-state index contributed by atoms with van der Waals surface area (Å²) >= 11 is 14.2. The fourth-order valence-electron chi connectivity index (χ4n) is 2.97. The van der Waals surface area contributed by atoms with Crippen molar-refractivity contribution >= 4 is 60.7 Å². The Balaban J connectivity index is 2.28. The van der Waals surface area contributed by atoms with Crippen LogP contribution < -0.4 is 0 Å². The van der Waals surface area contributed by atoms with Gasteiger partial charge < -0.3 is 5.11 Å². The van der Waals surface area contributed by atoms with E-state index < -0.39 is 8.56 Å². The van der Waals surface area contributed by atoms with Gasteiger partial charge in [0, 0.05) is 6.04 Å². The minimum atomic E-state index is -2.91. The van der Waals surface area contributed by atoms with Crippen LogP contribution in [0.4, 0.5) is 0 Å². The molecule has 0 aromatic heterocycles. The Labute approximate surface area is 182 Å². The van der Waals surface area contributed by atoms with Gasteiger partial charge in [0.05, 0.1) is 15.5 Å². The van der Waals surface area contributed by atoms with E-state index in [0.29, 0.717) is 12.5 Å². The van der Waals surface area contributed by atoms with Crippen molar-refractivity contribution in [3.63, 3.8) is 0 Å². The van der Waals surface area contributed by atoms with Gasteiger partial charge in [-0.3, -0.25) is 0 Å². The van der Waals surface area contributed by atoms with Crippen molar-refractivity contribution in [1.82, 2.24) is 0 Å². The third-order valence-electron chi connectivity index (χ3n) is 4.39. The number of phenols is 1. The topological polar surface area (TPSA) is 57.3 Å². The number of aryl methyl sites for hydroxylation is 2. The molecule has 0 aliphatic rings. The number of nitrogens with zero attached hydrogens (tertiary/aromatic N) is 3. The average Bonchev–Trinajstić information content (AvgIpc) is 2.69. The summed E-state index contributed by atoms with van der Waals surface area (Å²) in [6, 6.07) is 14.5. The molecule has 0 atom stereocenters. The minimum Gasteiger partial charge on any atom is -0.508 e. The molecule has 142 valence electrons. The summed E-state index contributed by atoms with van der Waals surface area (Å²) in [5, 5.41) is 17.0. The fraction of sp³-hybridized carbons (Fsp3) is 0.250. The van der Waals surface area contributed by atoms with Crippen molar-refractivity contribution in [1.29, 1.82) is 0 Å². The van der Waals surface area contributed by atoms with E-state index in [0.717, 1.165) is 29.5 Å². The molecule has 1 N–H and O–H groups in total. The smallest absolute Gasteiger partial charge is 0.461 e. The predicted octanol–water partition coefficient (Wildman–Crippen LogP) is 5.80. The highest BCUT2D eigenvalue weighted by Gasteiger charge is 2.33. The Bertz CT molecular complexity index is 929. The molecule has 4 nitrogen and oxygen atoms in total. The highest BCUT2D eigenvalue weighted by molar-refractivity contribution is 7.78. The van der Waals surface area contributed by atoms with Gasteiger partial charge in [0.15, 0.2) is 0 Å². The van der Waals surface area contributed by atoms with Crippen LogP contribution in [0, 0.1) is 0 Å². The van der Waals surface area contributed by atoms with Crippen LogP contribution in [-0.2, 0) is 12.8 Å². The number of isothiocyanates is 3. The van der Waals surface area contributed by atoms with Gasteiger partial charge in [-0.15, -0.1) is 0 Å². The largest absolute Gasteiger partial charge is 0.508 e. The van der Waals surface area contributed by atoms with Crippen LogP contribution in [0.5, 0.6) is 5.75 Å². The summed E-state index contributed by atoms with van der Waals surface area (Å²) in [5.41, 5.74) is 4.52. The highest BCUT2D eigenvalue weighted by atomic mass is 32.1. The highest BCUT2D eigenvalue weighted by Crippen LogP contribution is 2.29.